The minimum atomic E-state index is 0.299. The summed E-state index contributed by atoms with van der Waals surface area (Å²) in [5.41, 5.74) is 3.90. The molecular formula is C24H12N6. The van der Waals surface area contributed by atoms with Crippen LogP contribution >= 0.6 is 0 Å². The normalized spacial score (nSPS) is 11.7. The Labute approximate surface area is 173 Å². The first-order chi connectivity index (χ1) is 14.8. The highest BCUT2D eigenvalue weighted by Gasteiger charge is 2.41. The lowest BCUT2D eigenvalue weighted by atomic mass is 10.1. The minimum absolute atomic E-state index is 0.299. The molecule has 138 valence electrons. The first-order valence-electron chi connectivity index (χ1n) is 8.98. The first kappa shape index (κ1) is 18.5. The zero-order valence-electron chi connectivity index (χ0n) is 15.6. The second-order valence-corrected chi connectivity index (χ2v) is 6.23. The average molecular weight is 384 g/mol. The van der Waals surface area contributed by atoms with Crippen LogP contribution in [0.15, 0.2) is 89.9 Å². The van der Waals surface area contributed by atoms with Crippen molar-refractivity contribution in [3.05, 3.63) is 107 Å². The average Bonchev–Trinajstić information content (AvgIpc) is 3.51. The molecule has 0 saturated heterocycles. The topological polar surface area (TPSA) is 110 Å². The number of allylic oxidation sites excluding steroid dienone is 6. The van der Waals surface area contributed by atoms with E-state index in [0.29, 0.717) is 50.5 Å². The molecule has 1 aliphatic carbocycles. The standard InChI is InChI=1S/C24H12N6/c25-13-16(19-7-1-4-10-28-19)22-23(17(14-26)20-8-2-5-11-29-20)24(22)18(15-27)21-9-3-6-12-30-21/h1-12H. The zero-order chi connectivity index (χ0) is 20.9. The van der Waals surface area contributed by atoms with Gasteiger partial charge in [0.25, 0.3) is 0 Å². The molecule has 1 saturated carbocycles. The second-order valence-electron chi connectivity index (χ2n) is 6.23. The summed E-state index contributed by atoms with van der Waals surface area (Å²) in [6.45, 7) is 0. The molecule has 6 heteroatoms. The summed E-state index contributed by atoms with van der Waals surface area (Å²) in [7, 11) is 0. The van der Waals surface area contributed by atoms with E-state index in [2.05, 4.69) is 33.2 Å². The van der Waals surface area contributed by atoms with Crippen molar-refractivity contribution in [1.82, 2.24) is 15.0 Å². The summed E-state index contributed by atoms with van der Waals surface area (Å²) in [6, 6.07) is 22.3. The van der Waals surface area contributed by atoms with Crippen molar-refractivity contribution in [2.24, 2.45) is 0 Å². The van der Waals surface area contributed by atoms with Gasteiger partial charge in [-0.3, -0.25) is 15.0 Å². The lowest BCUT2D eigenvalue weighted by Gasteiger charge is -1.96. The Kier molecular flexibility index (Phi) is 4.95. The largest absolute Gasteiger partial charge is 0.255 e. The van der Waals surface area contributed by atoms with E-state index in [-0.39, 0.29) is 0 Å². The highest BCUT2D eigenvalue weighted by atomic mass is 14.7. The molecule has 0 spiro atoms. The summed E-state index contributed by atoms with van der Waals surface area (Å²) in [5.74, 6) is 0. The van der Waals surface area contributed by atoms with E-state index >= 15 is 0 Å². The number of aromatic nitrogens is 3. The van der Waals surface area contributed by atoms with E-state index in [1.807, 2.05) is 0 Å². The van der Waals surface area contributed by atoms with Crippen LogP contribution in [0.25, 0.3) is 16.7 Å². The molecule has 0 radical (unpaired) electrons. The number of nitrogens with zero attached hydrogens (tertiary/aromatic N) is 6. The van der Waals surface area contributed by atoms with Gasteiger partial charge in [0.05, 0.1) is 33.8 Å². The van der Waals surface area contributed by atoms with Crippen molar-refractivity contribution in [3.63, 3.8) is 0 Å². The lowest BCUT2D eigenvalue weighted by molar-refractivity contribution is 1.27. The van der Waals surface area contributed by atoms with E-state index in [1.54, 1.807) is 73.2 Å². The fourth-order valence-corrected chi connectivity index (χ4v) is 3.19. The molecule has 1 fully saturated rings. The Morgan fingerprint density at radius 1 is 0.500 bits per heavy atom. The summed E-state index contributed by atoms with van der Waals surface area (Å²) in [4.78, 5) is 12.8. The number of hydrogen-bond acceptors (Lipinski definition) is 6. The lowest BCUT2D eigenvalue weighted by Crippen LogP contribution is -1.87. The van der Waals surface area contributed by atoms with Crippen molar-refractivity contribution < 1.29 is 0 Å². The molecule has 6 nitrogen and oxygen atoms in total. The monoisotopic (exact) mass is 384 g/mol. The maximum absolute atomic E-state index is 9.89. The van der Waals surface area contributed by atoms with Gasteiger partial charge in [-0.25, -0.2) is 0 Å². The third-order valence-corrected chi connectivity index (χ3v) is 4.54. The highest BCUT2D eigenvalue weighted by molar-refractivity contribution is 6.11. The summed E-state index contributed by atoms with van der Waals surface area (Å²) < 4.78 is 0. The quantitative estimate of drug-likeness (QED) is 0.628. The number of pyridine rings is 3. The maximum Gasteiger partial charge on any atom is 0.102 e. The van der Waals surface area contributed by atoms with Crippen molar-refractivity contribution in [2.45, 2.75) is 0 Å². The van der Waals surface area contributed by atoms with Crippen molar-refractivity contribution in [2.75, 3.05) is 0 Å². The van der Waals surface area contributed by atoms with Gasteiger partial charge in [0.1, 0.15) is 18.2 Å². The third-order valence-electron chi connectivity index (χ3n) is 4.54. The van der Waals surface area contributed by atoms with Gasteiger partial charge >= 0.3 is 0 Å². The van der Waals surface area contributed by atoms with Gasteiger partial charge in [-0.2, -0.15) is 15.8 Å². The fraction of sp³-hybridized carbons (Fsp3) is 0. The molecule has 3 aromatic heterocycles. The highest BCUT2D eigenvalue weighted by Crippen LogP contribution is 2.55. The molecule has 0 amide bonds. The zero-order valence-corrected chi connectivity index (χ0v) is 15.6. The van der Waals surface area contributed by atoms with E-state index in [9.17, 15) is 15.8 Å². The van der Waals surface area contributed by atoms with Crippen molar-refractivity contribution >= 4 is 16.7 Å². The molecule has 30 heavy (non-hydrogen) atoms. The van der Waals surface area contributed by atoms with Crippen LogP contribution in [0.1, 0.15) is 17.1 Å². The Morgan fingerprint density at radius 2 is 0.800 bits per heavy atom. The summed E-state index contributed by atoms with van der Waals surface area (Å²) in [5, 5.41) is 29.7. The van der Waals surface area contributed by atoms with Crippen molar-refractivity contribution in [3.8, 4) is 18.2 Å². The molecule has 0 unspecified atom stereocenters. The molecule has 4 rings (SSSR count). The number of rotatable bonds is 3. The van der Waals surface area contributed by atoms with Crippen LogP contribution in [0, 0.1) is 34.0 Å². The summed E-state index contributed by atoms with van der Waals surface area (Å²) >= 11 is 0. The van der Waals surface area contributed by atoms with Crippen LogP contribution in [0.5, 0.6) is 0 Å². The predicted octanol–water partition coefficient (Wildman–Crippen LogP) is 4.12. The Balaban J connectivity index is 2.08. The van der Waals surface area contributed by atoms with E-state index in [1.165, 1.54) is 0 Å². The van der Waals surface area contributed by atoms with Crippen molar-refractivity contribution in [1.29, 1.82) is 15.8 Å². The van der Waals surface area contributed by atoms with E-state index in [4.69, 9.17) is 0 Å². The Bertz CT molecular complexity index is 1150. The Morgan fingerprint density at radius 3 is 1.00 bits per heavy atom. The number of hydrogen-bond donors (Lipinski definition) is 0. The molecule has 3 heterocycles. The number of nitriles is 3. The van der Waals surface area contributed by atoms with Gasteiger partial charge in [0.15, 0.2) is 0 Å². The molecule has 0 aliphatic heterocycles. The molecule has 3 aromatic rings. The molecule has 0 aromatic carbocycles. The minimum Gasteiger partial charge on any atom is -0.255 e. The van der Waals surface area contributed by atoms with E-state index < -0.39 is 0 Å². The van der Waals surface area contributed by atoms with E-state index in [0.717, 1.165) is 0 Å². The first-order valence-corrected chi connectivity index (χ1v) is 8.98. The third kappa shape index (κ3) is 3.24. The smallest absolute Gasteiger partial charge is 0.102 e. The predicted molar refractivity (Wildman–Crippen MR) is 110 cm³/mol. The molecule has 0 bridgehead atoms. The van der Waals surface area contributed by atoms with Crippen LogP contribution < -0.4 is 0 Å². The van der Waals surface area contributed by atoms with Gasteiger partial charge in [-0.15, -0.1) is 0 Å². The van der Waals surface area contributed by atoms with Crippen LogP contribution in [-0.2, 0) is 0 Å². The maximum atomic E-state index is 9.89. The Hall–Kier alpha value is -4.86. The van der Waals surface area contributed by atoms with Crippen LogP contribution in [0.2, 0.25) is 0 Å². The SMILES string of the molecule is N#CC(=C1C(=C(C#N)c2ccccn2)C1=C(C#N)c1ccccn1)c1ccccn1. The molecule has 0 N–H and O–H groups in total. The fourth-order valence-electron chi connectivity index (χ4n) is 3.19. The van der Waals surface area contributed by atoms with Gasteiger partial charge in [-0.05, 0) is 36.4 Å². The second kappa shape index (κ2) is 8.02. The molecular weight excluding hydrogens is 372 g/mol. The molecule has 1 aliphatic rings. The van der Waals surface area contributed by atoms with Crippen LogP contribution in [0.4, 0.5) is 0 Å². The van der Waals surface area contributed by atoms with Gasteiger partial charge < -0.3 is 0 Å². The molecule has 0 atom stereocenters. The van der Waals surface area contributed by atoms with Gasteiger partial charge in [0, 0.05) is 35.3 Å². The van der Waals surface area contributed by atoms with Crippen LogP contribution in [0.3, 0.4) is 0 Å². The summed E-state index contributed by atoms with van der Waals surface area (Å²) in [6.07, 6.45) is 4.78. The van der Waals surface area contributed by atoms with Gasteiger partial charge in [0.2, 0.25) is 0 Å². The van der Waals surface area contributed by atoms with Crippen LogP contribution in [-0.4, -0.2) is 15.0 Å². The van der Waals surface area contributed by atoms with Gasteiger partial charge in [-0.1, -0.05) is 18.2 Å².